The first-order chi connectivity index (χ1) is 10.5. The van der Waals surface area contributed by atoms with E-state index in [9.17, 15) is 13.6 Å². The fourth-order valence-electron chi connectivity index (χ4n) is 2.12. The van der Waals surface area contributed by atoms with E-state index in [1.54, 1.807) is 26.0 Å². The molecule has 22 heavy (non-hydrogen) atoms. The Bertz CT molecular complexity index is 684. The lowest BCUT2D eigenvalue weighted by atomic mass is 9.96. The van der Waals surface area contributed by atoms with Gasteiger partial charge in [0.25, 0.3) is 0 Å². The number of carbonyl (C=O) groups is 1. The number of nitrogens with two attached hydrogens (primary N) is 1. The first-order valence-electron chi connectivity index (χ1n) is 6.69. The zero-order chi connectivity index (χ0) is 16.3. The summed E-state index contributed by atoms with van der Waals surface area (Å²) in [6.07, 6.45) is 1.47. The van der Waals surface area contributed by atoms with Crippen molar-refractivity contribution in [3.8, 4) is 11.1 Å². The summed E-state index contributed by atoms with van der Waals surface area (Å²) in [6, 6.07) is 4.04. The maximum Gasteiger partial charge on any atom is 0.314 e. The number of aromatic nitrogens is 2. The van der Waals surface area contributed by atoms with Crippen molar-refractivity contribution in [2.45, 2.75) is 19.8 Å². The van der Waals surface area contributed by atoms with Gasteiger partial charge in [0.1, 0.15) is 0 Å². The van der Waals surface area contributed by atoms with Gasteiger partial charge in [-0.1, -0.05) is 6.07 Å². The Hall–Kier alpha value is -2.57. The SMILES string of the molecule is CCOC(=O)C(C)c1ncccc1-c1c(N)cc(F)nc1F. The van der Waals surface area contributed by atoms with Crippen molar-refractivity contribution in [1.29, 1.82) is 0 Å². The number of nitrogen functional groups attached to an aromatic ring is 1. The molecule has 0 bridgehead atoms. The lowest BCUT2D eigenvalue weighted by molar-refractivity contribution is -0.144. The molecule has 1 unspecified atom stereocenters. The molecule has 0 aliphatic carbocycles. The van der Waals surface area contributed by atoms with E-state index in [4.69, 9.17) is 10.5 Å². The average Bonchev–Trinajstić information content (AvgIpc) is 2.46. The lowest BCUT2D eigenvalue weighted by Crippen LogP contribution is -2.15. The number of esters is 1. The van der Waals surface area contributed by atoms with Gasteiger partial charge in [0.05, 0.1) is 23.8 Å². The van der Waals surface area contributed by atoms with Crippen LogP contribution in [0.3, 0.4) is 0 Å². The van der Waals surface area contributed by atoms with Gasteiger partial charge in [-0.25, -0.2) is 0 Å². The van der Waals surface area contributed by atoms with E-state index in [1.807, 2.05) is 0 Å². The van der Waals surface area contributed by atoms with Gasteiger partial charge in [-0.2, -0.15) is 13.8 Å². The van der Waals surface area contributed by atoms with Gasteiger partial charge in [-0.05, 0) is 19.9 Å². The molecule has 1 atom stereocenters. The summed E-state index contributed by atoms with van der Waals surface area (Å²) in [5.41, 5.74) is 6.07. The highest BCUT2D eigenvalue weighted by atomic mass is 19.1. The van der Waals surface area contributed by atoms with E-state index in [0.717, 1.165) is 6.07 Å². The number of hydrogen-bond acceptors (Lipinski definition) is 5. The number of nitrogens with zero attached hydrogens (tertiary/aromatic N) is 2. The summed E-state index contributed by atoms with van der Waals surface area (Å²) < 4.78 is 32.1. The predicted molar refractivity (Wildman–Crippen MR) is 76.8 cm³/mol. The van der Waals surface area contributed by atoms with Crippen LogP contribution in [-0.4, -0.2) is 22.5 Å². The number of carbonyl (C=O) groups excluding carboxylic acids is 1. The number of halogens is 2. The van der Waals surface area contributed by atoms with Gasteiger partial charge in [0.15, 0.2) is 0 Å². The van der Waals surface area contributed by atoms with Crippen LogP contribution in [0.1, 0.15) is 25.5 Å². The minimum Gasteiger partial charge on any atom is -0.465 e. The normalized spacial score (nSPS) is 12.0. The second kappa shape index (κ2) is 6.46. The quantitative estimate of drug-likeness (QED) is 0.694. The Balaban J connectivity index is 2.57. The highest BCUT2D eigenvalue weighted by Gasteiger charge is 2.24. The van der Waals surface area contributed by atoms with Crippen LogP contribution in [0.15, 0.2) is 24.4 Å². The smallest absolute Gasteiger partial charge is 0.314 e. The van der Waals surface area contributed by atoms with E-state index in [1.165, 1.54) is 6.20 Å². The number of hydrogen-bond donors (Lipinski definition) is 1. The Morgan fingerprint density at radius 1 is 1.45 bits per heavy atom. The van der Waals surface area contributed by atoms with Gasteiger partial charge in [0, 0.05) is 23.5 Å². The van der Waals surface area contributed by atoms with E-state index >= 15 is 0 Å². The maximum atomic E-state index is 14.0. The minimum absolute atomic E-state index is 0.0827. The standard InChI is InChI=1S/C15H15F2N3O2/c1-3-22-15(21)8(2)13-9(5-4-6-19-13)12-10(18)7-11(16)20-14(12)17/h4-8H,3H2,1-2H3,(H2,18,20). The van der Waals surface area contributed by atoms with Crippen LogP contribution in [0.25, 0.3) is 11.1 Å². The fraction of sp³-hybridized carbons (Fsp3) is 0.267. The molecule has 0 spiro atoms. The Morgan fingerprint density at radius 2 is 2.18 bits per heavy atom. The Labute approximate surface area is 126 Å². The molecule has 0 aliphatic heterocycles. The third kappa shape index (κ3) is 3.03. The molecule has 0 aliphatic rings. The summed E-state index contributed by atoms with van der Waals surface area (Å²) in [6.45, 7) is 3.50. The topological polar surface area (TPSA) is 78.1 Å². The fourth-order valence-corrected chi connectivity index (χ4v) is 2.12. The van der Waals surface area contributed by atoms with E-state index in [-0.39, 0.29) is 23.4 Å². The summed E-state index contributed by atoms with van der Waals surface area (Å²) in [4.78, 5) is 19.1. The molecule has 2 N–H and O–H groups in total. The van der Waals surface area contributed by atoms with E-state index in [2.05, 4.69) is 9.97 Å². The second-order valence-corrected chi connectivity index (χ2v) is 4.61. The van der Waals surface area contributed by atoms with Crippen molar-refractivity contribution < 1.29 is 18.3 Å². The van der Waals surface area contributed by atoms with Crippen molar-refractivity contribution in [1.82, 2.24) is 9.97 Å². The molecule has 0 amide bonds. The highest BCUT2D eigenvalue weighted by molar-refractivity contribution is 5.84. The van der Waals surface area contributed by atoms with E-state index < -0.39 is 23.8 Å². The van der Waals surface area contributed by atoms with Crippen LogP contribution in [0.4, 0.5) is 14.5 Å². The zero-order valence-electron chi connectivity index (χ0n) is 12.1. The Morgan fingerprint density at radius 3 is 2.82 bits per heavy atom. The second-order valence-electron chi connectivity index (χ2n) is 4.61. The predicted octanol–water partition coefficient (Wildman–Crippen LogP) is 2.67. The molecule has 0 fully saturated rings. The maximum absolute atomic E-state index is 14.0. The van der Waals surface area contributed by atoms with Crippen LogP contribution in [0.5, 0.6) is 0 Å². The van der Waals surface area contributed by atoms with E-state index in [0.29, 0.717) is 5.69 Å². The van der Waals surface area contributed by atoms with Gasteiger partial charge >= 0.3 is 5.97 Å². The number of rotatable bonds is 4. The van der Waals surface area contributed by atoms with Crippen LogP contribution < -0.4 is 5.73 Å². The molecule has 2 aromatic rings. The number of pyridine rings is 2. The molecule has 7 heteroatoms. The summed E-state index contributed by atoms with van der Waals surface area (Å²) in [7, 11) is 0. The van der Waals surface area contributed by atoms with Crippen molar-refractivity contribution >= 4 is 11.7 Å². The van der Waals surface area contributed by atoms with Crippen molar-refractivity contribution in [3.63, 3.8) is 0 Å². The van der Waals surface area contributed by atoms with Crippen molar-refractivity contribution in [2.24, 2.45) is 0 Å². The molecular formula is C15H15F2N3O2. The van der Waals surface area contributed by atoms with Gasteiger partial charge in [0.2, 0.25) is 11.9 Å². The summed E-state index contributed by atoms with van der Waals surface area (Å²) >= 11 is 0. The van der Waals surface area contributed by atoms with Crippen LogP contribution in [-0.2, 0) is 9.53 Å². The number of anilines is 1. The third-order valence-corrected chi connectivity index (χ3v) is 3.13. The molecule has 0 aromatic carbocycles. The minimum atomic E-state index is -1.05. The van der Waals surface area contributed by atoms with Crippen LogP contribution in [0, 0.1) is 11.9 Å². The largest absolute Gasteiger partial charge is 0.465 e. The number of ether oxygens (including phenoxy) is 1. The monoisotopic (exact) mass is 307 g/mol. The first kappa shape index (κ1) is 15.8. The summed E-state index contributed by atoms with van der Waals surface area (Å²) in [5, 5.41) is 0. The molecule has 2 rings (SSSR count). The Kier molecular flexibility index (Phi) is 4.65. The molecule has 0 saturated carbocycles. The molecule has 5 nitrogen and oxygen atoms in total. The van der Waals surface area contributed by atoms with Crippen molar-refractivity contribution in [2.75, 3.05) is 12.3 Å². The molecular weight excluding hydrogens is 292 g/mol. The van der Waals surface area contributed by atoms with Gasteiger partial charge in [-0.15, -0.1) is 0 Å². The average molecular weight is 307 g/mol. The highest BCUT2D eigenvalue weighted by Crippen LogP contribution is 2.33. The van der Waals surface area contributed by atoms with Gasteiger partial charge in [-0.3, -0.25) is 9.78 Å². The van der Waals surface area contributed by atoms with Crippen LogP contribution >= 0.6 is 0 Å². The molecule has 2 heterocycles. The summed E-state index contributed by atoms with van der Waals surface area (Å²) in [5.74, 6) is -3.28. The van der Waals surface area contributed by atoms with Crippen molar-refractivity contribution in [3.05, 3.63) is 42.0 Å². The molecule has 0 radical (unpaired) electrons. The molecule has 116 valence electrons. The van der Waals surface area contributed by atoms with Crippen LogP contribution in [0.2, 0.25) is 0 Å². The van der Waals surface area contributed by atoms with Gasteiger partial charge < -0.3 is 10.5 Å². The zero-order valence-corrected chi connectivity index (χ0v) is 12.1. The third-order valence-electron chi connectivity index (χ3n) is 3.13. The molecule has 2 aromatic heterocycles. The first-order valence-corrected chi connectivity index (χ1v) is 6.69. The molecule has 0 saturated heterocycles. The lowest BCUT2D eigenvalue weighted by Gasteiger charge is -2.15.